The first-order chi connectivity index (χ1) is 9.04. The van der Waals surface area contributed by atoms with Crippen LogP contribution in [0.4, 0.5) is 0 Å². The molecule has 0 aromatic carbocycles. The fourth-order valence-electron chi connectivity index (χ4n) is 2.32. The van der Waals surface area contributed by atoms with Crippen LogP contribution < -0.4 is 0 Å². The molecular formula is C16H26O3. The van der Waals surface area contributed by atoms with E-state index in [0.717, 1.165) is 12.8 Å². The van der Waals surface area contributed by atoms with E-state index in [-0.39, 0.29) is 17.3 Å². The summed E-state index contributed by atoms with van der Waals surface area (Å²) in [5, 5.41) is 0. The lowest BCUT2D eigenvalue weighted by Gasteiger charge is -2.19. The van der Waals surface area contributed by atoms with Crippen molar-refractivity contribution < 1.29 is 14.3 Å². The predicted molar refractivity (Wildman–Crippen MR) is 75.8 cm³/mol. The van der Waals surface area contributed by atoms with Gasteiger partial charge in [-0.1, -0.05) is 46.1 Å². The summed E-state index contributed by atoms with van der Waals surface area (Å²) in [6.45, 7) is 6.13. The van der Waals surface area contributed by atoms with Crippen LogP contribution in [0, 0.1) is 11.8 Å². The van der Waals surface area contributed by atoms with Crippen molar-refractivity contribution in [2.24, 2.45) is 11.8 Å². The van der Waals surface area contributed by atoms with Crippen LogP contribution >= 0.6 is 0 Å². The number of esters is 1. The molecule has 0 aromatic heterocycles. The molecule has 0 aliphatic heterocycles. The van der Waals surface area contributed by atoms with Crippen LogP contribution in [0.1, 0.15) is 59.3 Å². The molecule has 1 rings (SSSR count). The molecule has 0 bridgehead atoms. The molecule has 19 heavy (non-hydrogen) atoms. The third kappa shape index (κ3) is 5.58. The molecule has 0 N–H and O–H groups in total. The molecule has 0 amide bonds. The summed E-state index contributed by atoms with van der Waals surface area (Å²) < 4.78 is 5.20. The standard InChI is InChI=1S/C16H26O3/c1-4-15(17)14(16(18)19-11-12(2)3)10-13-8-6-5-7-9-13/h10,12-13H,4-9,11H2,1-3H3. The molecule has 3 nitrogen and oxygen atoms in total. The molecule has 1 aliphatic rings. The minimum atomic E-state index is -0.439. The van der Waals surface area contributed by atoms with Gasteiger partial charge in [-0.05, 0) is 24.7 Å². The van der Waals surface area contributed by atoms with Crippen molar-refractivity contribution in [3.05, 3.63) is 11.6 Å². The number of carbonyl (C=O) groups excluding carboxylic acids is 2. The van der Waals surface area contributed by atoms with Gasteiger partial charge in [-0.25, -0.2) is 4.79 Å². The van der Waals surface area contributed by atoms with Crippen LogP contribution in [0.15, 0.2) is 11.6 Å². The Hall–Kier alpha value is -1.12. The Balaban J connectivity index is 2.72. The first-order valence-corrected chi connectivity index (χ1v) is 7.46. The average molecular weight is 266 g/mol. The molecular weight excluding hydrogens is 240 g/mol. The van der Waals surface area contributed by atoms with Gasteiger partial charge in [-0.15, -0.1) is 0 Å². The maximum atomic E-state index is 12.0. The van der Waals surface area contributed by atoms with E-state index >= 15 is 0 Å². The SMILES string of the molecule is CCC(=O)C(=CC1CCCCC1)C(=O)OCC(C)C. The van der Waals surface area contributed by atoms with Crippen molar-refractivity contribution in [2.45, 2.75) is 59.3 Å². The second-order valence-electron chi connectivity index (χ2n) is 5.75. The number of rotatable bonds is 6. The summed E-state index contributed by atoms with van der Waals surface area (Å²) in [6.07, 6.45) is 8.03. The highest BCUT2D eigenvalue weighted by Crippen LogP contribution is 2.26. The van der Waals surface area contributed by atoms with E-state index in [1.807, 2.05) is 19.9 Å². The number of ketones is 1. The minimum absolute atomic E-state index is 0.0978. The summed E-state index contributed by atoms with van der Waals surface area (Å²) >= 11 is 0. The summed E-state index contributed by atoms with van der Waals surface area (Å²) in [6, 6.07) is 0. The highest BCUT2D eigenvalue weighted by atomic mass is 16.5. The first kappa shape index (κ1) is 15.9. The topological polar surface area (TPSA) is 43.4 Å². The van der Waals surface area contributed by atoms with Gasteiger partial charge in [-0.3, -0.25) is 4.79 Å². The molecule has 108 valence electrons. The number of hydrogen-bond donors (Lipinski definition) is 0. The summed E-state index contributed by atoms with van der Waals surface area (Å²) in [5.41, 5.74) is 0.273. The van der Waals surface area contributed by atoms with Gasteiger partial charge < -0.3 is 4.74 Å². The zero-order chi connectivity index (χ0) is 14.3. The lowest BCUT2D eigenvalue weighted by atomic mass is 9.87. The summed E-state index contributed by atoms with van der Waals surface area (Å²) in [7, 11) is 0. The van der Waals surface area contributed by atoms with Crippen molar-refractivity contribution in [3.8, 4) is 0 Å². The molecule has 0 atom stereocenters. The van der Waals surface area contributed by atoms with Crippen LogP contribution in [-0.4, -0.2) is 18.4 Å². The molecule has 1 aliphatic carbocycles. The number of ether oxygens (including phenoxy) is 1. The van der Waals surface area contributed by atoms with Crippen molar-refractivity contribution in [3.63, 3.8) is 0 Å². The van der Waals surface area contributed by atoms with Gasteiger partial charge >= 0.3 is 5.97 Å². The van der Waals surface area contributed by atoms with Gasteiger partial charge in [-0.2, -0.15) is 0 Å². The van der Waals surface area contributed by atoms with Crippen LogP contribution in [0.3, 0.4) is 0 Å². The van der Waals surface area contributed by atoms with E-state index in [9.17, 15) is 9.59 Å². The number of allylic oxidation sites excluding steroid dienone is 1. The molecule has 0 saturated heterocycles. The molecule has 0 heterocycles. The van der Waals surface area contributed by atoms with E-state index < -0.39 is 5.97 Å². The molecule has 0 radical (unpaired) electrons. The average Bonchev–Trinajstić information content (AvgIpc) is 2.42. The maximum absolute atomic E-state index is 12.0. The second kappa shape index (κ2) is 8.13. The Bertz CT molecular complexity index is 336. The monoisotopic (exact) mass is 266 g/mol. The highest BCUT2D eigenvalue weighted by Gasteiger charge is 2.21. The number of carbonyl (C=O) groups is 2. The van der Waals surface area contributed by atoms with Crippen molar-refractivity contribution in [1.82, 2.24) is 0 Å². The summed E-state index contributed by atoms with van der Waals surface area (Å²) in [4.78, 5) is 23.9. The van der Waals surface area contributed by atoms with Crippen LogP contribution in [-0.2, 0) is 14.3 Å². The quantitative estimate of drug-likeness (QED) is 0.319. The van der Waals surface area contributed by atoms with Gasteiger partial charge in [0.2, 0.25) is 0 Å². The van der Waals surface area contributed by atoms with E-state index in [0.29, 0.717) is 18.9 Å². The minimum Gasteiger partial charge on any atom is -0.462 e. The van der Waals surface area contributed by atoms with Crippen molar-refractivity contribution in [2.75, 3.05) is 6.61 Å². The third-order valence-corrected chi connectivity index (χ3v) is 3.44. The number of Topliss-reactive ketones (excluding diaryl/α,β-unsaturated/α-hetero) is 1. The second-order valence-corrected chi connectivity index (χ2v) is 5.75. The fourth-order valence-corrected chi connectivity index (χ4v) is 2.32. The molecule has 0 aromatic rings. The number of hydrogen-bond acceptors (Lipinski definition) is 3. The van der Waals surface area contributed by atoms with E-state index in [1.165, 1.54) is 19.3 Å². The van der Waals surface area contributed by atoms with E-state index in [4.69, 9.17) is 4.74 Å². The smallest absolute Gasteiger partial charge is 0.341 e. The van der Waals surface area contributed by atoms with Gasteiger partial charge in [0.1, 0.15) is 0 Å². The van der Waals surface area contributed by atoms with Gasteiger partial charge in [0.05, 0.1) is 12.2 Å². The molecule has 1 fully saturated rings. The van der Waals surface area contributed by atoms with Crippen LogP contribution in [0.25, 0.3) is 0 Å². The van der Waals surface area contributed by atoms with Gasteiger partial charge in [0.25, 0.3) is 0 Å². The van der Waals surface area contributed by atoms with E-state index in [1.54, 1.807) is 6.92 Å². The fraction of sp³-hybridized carbons (Fsp3) is 0.750. The largest absolute Gasteiger partial charge is 0.462 e. The Labute approximate surface area is 116 Å². The third-order valence-electron chi connectivity index (χ3n) is 3.44. The Morgan fingerprint density at radius 2 is 1.84 bits per heavy atom. The lowest BCUT2D eigenvalue weighted by Crippen LogP contribution is -2.19. The maximum Gasteiger partial charge on any atom is 0.341 e. The van der Waals surface area contributed by atoms with Gasteiger partial charge in [0.15, 0.2) is 5.78 Å². The normalized spacial score (nSPS) is 17.6. The first-order valence-electron chi connectivity index (χ1n) is 7.46. The van der Waals surface area contributed by atoms with Gasteiger partial charge in [0, 0.05) is 6.42 Å². The van der Waals surface area contributed by atoms with Crippen LogP contribution in [0.2, 0.25) is 0 Å². The zero-order valence-electron chi connectivity index (χ0n) is 12.4. The highest BCUT2D eigenvalue weighted by molar-refractivity contribution is 6.17. The zero-order valence-corrected chi connectivity index (χ0v) is 12.4. The Morgan fingerprint density at radius 3 is 2.37 bits per heavy atom. The molecule has 3 heteroatoms. The van der Waals surface area contributed by atoms with E-state index in [2.05, 4.69) is 0 Å². The Morgan fingerprint density at radius 1 is 1.21 bits per heavy atom. The van der Waals surface area contributed by atoms with Crippen molar-refractivity contribution in [1.29, 1.82) is 0 Å². The molecule has 1 saturated carbocycles. The summed E-state index contributed by atoms with van der Waals surface area (Å²) in [5.74, 6) is 0.118. The van der Waals surface area contributed by atoms with Crippen molar-refractivity contribution >= 4 is 11.8 Å². The molecule has 0 spiro atoms. The van der Waals surface area contributed by atoms with Crippen LogP contribution in [0.5, 0.6) is 0 Å². The molecule has 0 unspecified atom stereocenters. The lowest BCUT2D eigenvalue weighted by molar-refractivity contribution is -0.141. The predicted octanol–water partition coefficient (Wildman–Crippen LogP) is 3.67. The Kier molecular flexibility index (Phi) is 6.82.